The number of nitrogens with one attached hydrogen (secondary N) is 3. The van der Waals surface area contributed by atoms with E-state index in [0.29, 0.717) is 24.9 Å². The van der Waals surface area contributed by atoms with Crippen LogP contribution in [0.2, 0.25) is 0 Å². The van der Waals surface area contributed by atoms with E-state index < -0.39 is 0 Å². The van der Waals surface area contributed by atoms with Crippen LogP contribution < -0.4 is 16.0 Å². The lowest BCUT2D eigenvalue weighted by atomic mass is 9.94. The maximum absolute atomic E-state index is 11.5. The van der Waals surface area contributed by atoms with Crippen LogP contribution in [-0.4, -0.2) is 37.0 Å². The van der Waals surface area contributed by atoms with E-state index in [9.17, 15) is 4.79 Å². The van der Waals surface area contributed by atoms with E-state index in [-0.39, 0.29) is 41.8 Å². The molecule has 0 aliphatic rings. The molecule has 23 heavy (non-hydrogen) atoms. The summed E-state index contributed by atoms with van der Waals surface area (Å²) in [4.78, 5) is 19.8. The van der Waals surface area contributed by atoms with Crippen molar-refractivity contribution in [3.8, 4) is 0 Å². The second kappa shape index (κ2) is 10.5. The molecular formula is C15H28IN5O2. The fourth-order valence-electron chi connectivity index (χ4n) is 1.61. The van der Waals surface area contributed by atoms with Gasteiger partial charge >= 0.3 is 0 Å². The van der Waals surface area contributed by atoms with Crippen LogP contribution in [0, 0.1) is 0 Å². The predicted octanol–water partition coefficient (Wildman–Crippen LogP) is 1.78. The summed E-state index contributed by atoms with van der Waals surface area (Å²) in [5.41, 5.74) is -0.0669. The average Bonchev–Trinajstić information content (AvgIpc) is 2.94. The SMILES string of the molecule is CCCNC(=O)CNC(=NC)NCc1ncc(C(C)(C)C)o1.I. The molecule has 0 unspecified atom stereocenters. The Labute approximate surface area is 155 Å². The first kappa shape index (κ1) is 21.7. The van der Waals surface area contributed by atoms with Crippen molar-refractivity contribution >= 4 is 35.8 Å². The zero-order chi connectivity index (χ0) is 16.6. The molecule has 3 N–H and O–H groups in total. The van der Waals surface area contributed by atoms with Crippen molar-refractivity contribution in [2.24, 2.45) is 4.99 Å². The van der Waals surface area contributed by atoms with E-state index >= 15 is 0 Å². The number of carbonyl (C=O) groups excluding carboxylic acids is 1. The van der Waals surface area contributed by atoms with Crippen molar-refractivity contribution in [2.75, 3.05) is 20.1 Å². The third-order valence-corrected chi connectivity index (χ3v) is 2.91. The number of oxazole rings is 1. The Balaban J connectivity index is 0.00000484. The molecule has 0 fully saturated rings. The zero-order valence-corrected chi connectivity index (χ0v) is 16.9. The molecule has 0 saturated carbocycles. The zero-order valence-electron chi connectivity index (χ0n) is 14.5. The Morgan fingerprint density at radius 3 is 2.52 bits per heavy atom. The summed E-state index contributed by atoms with van der Waals surface area (Å²) in [7, 11) is 1.65. The minimum absolute atomic E-state index is 0. The van der Waals surface area contributed by atoms with Crippen molar-refractivity contribution in [1.29, 1.82) is 0 Å². The van der Waals surface area contributed by atoms with Crippen LogP contribution in [0.25, 0.3) is 0 Å². The van der Waals surface area contributed by atoms with E-state index in [1.165, 1.54) is 0 Å². The van der Waals surface area contributed by atoms with Crippen LogP contribution in [0.1, 0.15) is 45.8 Å². The summed E-state index contributed by atoms with van der Waals surface area (Å²) >= 11 is 0. The molecule has 7 nitrogen and oxygen atoms in total. The van der Waals surface area contributed by atoms with Crippen molar-refractivity contribution in [2.45, 2.75) is 46.1 Å². The Kier molecular flexibility index (Phi) is 9.85. The van der Waals surface area contributed by atoms with Gasteiger partial charge in [0, 0.05) is 19.0 Å². The van der Waals surface area contributed by atoms with Crippen LogP contribution in [0.3, 0.4) is 0 Å². The number of nitrogens with zero attached hydrogens (tertiary/aromatic N) is 2. The topological polar surface area (TPSA) is 91.5 Å². The largest absolute Gasteiger partial charge is 0.443 e. The van der Waals surface area contributed by atoms with Gasteiger partial charge in [-0.1, -0.05) is 27.7 Å². The van der Waals surface area contributed by atoms with Gasteiger partial charge in [-0.2, -0.15) is 0 Å². The maximum atomic E-state index is 11.5. The first-order valence-corrected chi connectivity index (χ1v) is 7.53. The van der Waals surface area contributed by atoms with Crippen molar-refractivity contribution < 1.29 is 9.21 Å². The van der Waals surface area contributed by atoms with Gasteiger partial charge in [-0.25, -0.2) is 4.98 Å². The van der Waals surface area contributed by atoms with Crippen molar-refractivity contribution in [1.82, 2.24) is 20.9 Å². The molecule has 0 bridgehead atoms. The molecule has 0 radical (unpaired) electrons. The molecule has 1 aromatic rings. The number of halogens is 1. The van der Waals surface area contributed by atoms with Gasteiger partial charge in [-0.05, 0) is 6.42 Å². The van der Waals surface area contributed by atoms with E-state index in [2.05, 4.69) is 46.7 Å². The molecule has 1 rings (SSSR count). The Morgan fingerprint density at radius 2 is 2.00 bits per heavy atom. The first-order chi connectivity index (χ1) is 10.4. The lowest BCUT2D eigenvalue weighted by Crippen LogP contribution is -2.43. The van der Waals surface area contributed by atoms with Crippen LogP contribution in [0.5, 0.6) is 0 Å². The van der Waals surface area contributed by atoms with E-state index in [0.717, 1.165) is 12.2 Å². The first-order valence-electron chi connectivity index (χ1n) is 7.53. The number of rotatable bonds is 6. The Morgan fingerprint density at radius 1 is 1.30 bits per heavy atom. The van der Waals surface area contributed by atoms with Gasteiger partial charge in [-0.3, -0.25) is 9.79 Å². The van der Waals surface area contributed by atoms with Crippen LogP contribution >= 0.6 is 24.0 Å². The molecule has 0 aromatic carbocycles. The van der Waals surface area contributed by atoms with Gasteiger partial charge in [0.05, 0.1) is 19.3 Å². The van der Waals surface area contributed by atoms with E-state index in [1.807, 2.05) is 6.92 Å². The summed E-state index contributed by atoms with van der Waals surface area (Å²) in [5, 5.41) is 8.80. The second-order valence-electron chi connectivity index (χ2n) is 6.00. The molecular weight excluding hydrogens is 409 g/mol. The summed E-state index contributed by atoms with van der Waals surface area (Å²) in [6.07, 6.45) is 2.66. The highest BCUT2D eigenvalue weighted by molar-refractivity contribution is 14.0. The minimum atomic E-state index is -0.0669. The Bertz CT molecular complexity index is 508. The highest BCUT2D eigenvalue weighted by Gasteiger charge is 2.19. The van der Waals surface area contributed by atoms with Crippen molar-refractivity contribution in [3.05, 3.63) is 17.8 Å². The highest BCUT2D eigenvalue weighted by Crippen LogP contribution is 2.22. The molecule has 0 aliphatic heterocycles. The molecule has 0 saturated heterocycles. The molecule has 1 aromatic heterocycles. The number of carbonyl (C=O) groups is 1. The third kappa shape index (κ3) is 8.19. The van der Waals surface area contributed by atoms with Gasteiger partial charge in [-0.15, -0.1) is 24.0 Å². The highest BCUT2D eigenvalue weighted by atomic mass is 127. The van der Waals surface area contributed by atoms with Gasteiger partial charge in [0.25, 0.3) is 0 Å². The summed E-state index contributed by atoms with van der Waals surface area (Å²) < 4.78 is 5.69. The van der Waals surface area contributed by atoms with Crippen LogP contribution in [-0.2, 0) is 16.8 Å². The lowest BCUT2D eigenvalue weighted by molar-refractivity contribution is -0.120. The van der Waals surface area contributed by atoms with Crippen LogP contribution in [0.4, 0.5) is 0 Å². The van der Waals surface area contributed by atoms with Crippen molar-refractivity contribution in [3.63, 3.8) is 0 Å². The molecule has 0 spiro atoms. The quantitative estimate of drug-likeness (QED) is 0.359. The smallest absolute Gasteiger partial charge is 0.239 e. The molecule has 1 amide bonds. The number of amides is 1. The Hall–Kier alpha value is -1.32. The maximum Gasteiger partial charge on any atom is 0.239 e. The third-order valence-electron chi connectivity index (χ3n) is 2.91. The monoisotopic (exact) mass is 437 g/mol. The number of hydrogen-bond donors (Lipinski definition) is 3. The van der Waals surface area contributed by atoms with E-state index in [1.54, 1.807) is 13.2 Å². The number of hydrogen-bond acceptors (Lipinski definition) is 4. The molecule has 1 heterocycles. The lowest BCUT2D eigenvalue weighted by Gasteiger charge is -2.13. The summed E-state index contributed by atoms with van der Waals surface area (Å²) in [6, 6.07) is 0. The number of aliphatic imine (C=N–C) groups is 1. The van der Waals surface area contributed by atoms with Crippen LogP contribution in [0.15, 0.2) is 15.6 Å². The average molecular weight is 437 g/mol. The van der Waals surface area contributed by atoms with Gasteiger partial charge < -0.3 is 20.4 Å². The van der Waals surface area contributed by atoms with Gasteiger partial charge in [0.1, 0.15) is 5.76 Å². The molecule has 0 atom stereocenters. The summed E-state index contributed by atoms with van der Waals surface area (Å²) in [5.74, 6) is 1.90. The fraction of sp³-hybridized carbons (Fsp3) is 0.667. The molecule has 132 valence electrons. The normalized spacial score (nSPS) is 11.6. The summed E-state index contributed by atoms with van der Waals surface area (Å²) in [6.45, 7) is 9.49. The fourth-order valence-corrected chi connectivity index (χ4v) is 1.61. The van der Waals surface area contributed by atoms with Gasteiger partial charge in [0.2, 0.25) is 11.8 Å². The molecule has 0 aliphatic carbocycles. The standard InChI is InChI=1S/C15H27N5O2.HI/c1-6-7-17-12(21)9-19-14(16-5)20-10-13-18-8-11(22-13)15(2,3)4;/h8H,6-7,9-10H2,1-5H3,(H,17,21)(H2,16,19,20);1H. The van der Waals surface area contributed by atoms with Gasteiger partial charge in [0.15, 0.2) is 5.96 Å². The van der Waals surface area contributed by atoms with E-state index in [4.69, 9.17) is 4.42 Å². The predicted molar refractivity (Wildman–Crippen MR) is 102 cm³/mol. The molecule has 8 heteroatoms. The number of guanidine groups is 1. The minimum Gasteiger partial charge on any atom is -0.443 e. The number of aromatic nitrogens is 1. The second-order valence-corrected chi connectivity index (χ2v) is 6.00.